The molecule has 2 aromatic rings. The molecule has 3 rings (SSSR count). The standard InChI is InChI=1S/C20H27N5O3/c1-3-28-17-6-4-15(5-7-17)14-25-9-8-21-20(27)18(25)10-19(26)22-11-16-12-23-24(2)13-16/h4-7,12-13,18H,3,8-11,14H2,1-2H3,(H,21,27)(H,22,26)/t18-/m0/s1. The van der Waals surface area contributed by atoms with Gasteiger partial charge in [-0.2, -0.15) is 5.10 Å². The van der Waals surface area contributed by atoms with E-state index < -0.39 is 6.04 Å². The van der Waals surface area contributed by atoms with E-state index in [1.807, 2.05) is 44.4 Å². The summed E-state index contributed by atoms with van der Waals surface area (Å²) in [5.41, 5.74) is 2.01. The highest BCUT2D eigenvalue weighted by Crippen LogP contribution is 2.17. The lowest BCUT2D eigenvalue weighted by Gasteiger charge is -2.34. The fourth-order valence-corrected chi connectivity index (χ4v) is 3.28. The first-order chi connectivity index (χ1) is 13.5. The molecule has 2 amide bonds. The van der Waals surface area contributed by atoms with Crippen LogP contribution < -0.4 is 15.4 Å². The molecule has 8 heteroatoms. The summed E-state index contributed by atoms with van der Waals surface area (Å²) in [5, 5.41) is 9.82. The number of nitrogens with one attached hydrogen (secondary N) is 2. The van der Waals surface area contributed by atoms with Gasteiger partial charge in [-0.3, -0.25) is 19.2 Å². The van der Waals surface area contributed by atoms with Crippen molar-refractivity contribution in [3.8, 4) is 5.75 Å². The van der Waals surface area contributed by atoms with Crippen LogP contribution in [0.25, 0.3) is 0 Å². The fourth-order valence-electron chi connectivity index (χ4n) is 3.28. The average Bonchev–Trinajstić information content (AvgIpc) is 3.10. The Hall–Kier alpha value is -2.87. The molecule has 1 aliphatic rings. The van der Waals surface area contributed by atoms with Gasteiger partial charge in [-0.25, -0.2) is 0 Å². The van der Waals surface area contributed by atoms with Crippen molar-refractivity contribution in [2.24, 2.45) is 7.05 Å². The molecule has 8 nitrogen and oxygen atoms in total. The summed E-state index contributed by atoms with van der Waals surface area (Å²) in [6.45, 7) is 4.88. The van der Waals surface area contributed by atoms with Crippen molar-refractivity contribution in [1.29, 1.82) is 0 Å². The Morgan fingerprint density at radius 2 is 2.11 bits per heavy atom. The molecule has 1 atom stereocenters. The predicted octanol–water partition coefficient (Wildman–Crippen LogP) is 0.826. The Morgan fingerprint density at radius 1 is 1.32 bits per heavy atom. The predicted molar refractivity (Wildman–Crippen MR) is 104 cm³/mol. The van der Waals surface area contributed by atoms with Crippen molar-refractivity contribution in [3.63, 3.8) is 0 Å². The van der Waals surface area contributed by atoms with Crippen molar-refractivity contribution in [3.05, 3.63) is 47.8 Å². The Labute approximate surface area is 164 Å². The lowest BCUT2D eigenvalue weighted by atomic mass is 10.1. The number of hydrogen-bond donors (Lipinski definition) is 2. The minimum atomic E-state index is -0.478. The number of piperazine rings is 1. The first-order valence-electron chi connectivity index (χ1n) is 9.53. The van der Waals surface area contributed by atoms with Crippen LogP contribution in [0.5, 0.6) is 5.75 Å². The first-order valence-corrected chi connectivity index (χ1v) is 9.53. The molecule has 1 saturated heterocycles. The van der Waals surface area contributed by atoms with Crippen molar-refractivity contribution in [1.82, 2.24) is 25.3 Å². The van der Waals surface area contributed by atoms with Gasteiger partial charge in [0, 0.05) is 45.0 Å². The Kier molecular flexibility index (Phi) is 6.65. The molecule has 1 fully saturated rings. The number of carbonyl (C=O) groups is 2. The van der Waals surface area contributed by atoms with E-state index in [1.165, 1.54) is 0 Å². The summed E-state index contributed by atoms with van der Waals surface area (Å²) < 4.78 is 7.16. The largest absolute Gasteiger partial charge is 0.494 e. The zero-order valence-electron chi connectivity index (χ0n) is 16.4. The van der Waals surface area contributed by atoms with Gasteiger partial charge in [-0.1, -0.05) is 12.1 Å². The highest BCUT2D eigenvalue weighted by Gasteiger charge is 2.31. The summed E-state index contributed by atoms with van der Waals surface area (Å²) in [4.78, 5) is 26.8. The maximum atomic E-state index is 12.4. The number of nitrogens with zero attached hydrogens (tertiary/aromatic N) is 3. The Bertz CT molecular complexity index is 802. The van der Waals surface area contributed by atoms with Crippen molar-refractivity contribution < 1.29 is 14.3 Å². The number of carbonyl (C=O) groups excluding carboxylic acids is 2. The van der Waals surface area contributed by atoms with E-state index in [-0.39, 0.29) is 18.2 Å². The molecule has 0 aliphatic carbocycles. The second-order valence-electron chi connectivity index (χ2n) is 6.86. The van der Waals surface area contributed by atoms with Gasteiger partial charge < -0.3 is 15.4 Å². The first kappa shape index (κ1) is 19.9. The quantitative estimate of drug-likeness (QED) is 0.703. The molecular weight excluding hydrogens is 358 g/mol. The molecule has 2 N–H and O–H groups in total. The van der Waals surface area contributed by atoms with Crippen LogP contribution in [0.15, 0.2) is 36.7 Å². The molecule has 28 heavy (non-hydrogen) atoms. The van der Waals surface area contributed by atoms with E-state index in [1.54, 1.807) is 10.9 Å². The average molecular weight is 385 g/mol. The number of ether oxygens (including phenoxy) is 1. The van der Waals surface area contributed by atoms with Crippen LogP contribution in [0.3, 0.4) is 0 Å². The number of hydrogen-bond acceptors (Lipinski definition) is 5. The van der Waals surface area contributed by atoms with Crippen LogP contribution in [0, 0.1) is 0 Å². The fraction of sp³-hybridized carbons (Fsp3) is 0.450. The SMILES string of the molecule is CCOc1ccc(CN2CCNC(=O)[C@@H]2CC(=O)NCc2cnn(C)c2)cc1. The lowest BCUT2D eigenvalue weighted by Crippen LogP contribution is -2.56. The topological polar surface area (TPSA) is 88.5 Å². The van der Waals surface area contributed by atoms with E-state index in [2.05, 4.69) is 20.6 Å². The van der Waals surface area contributed by atoms with Gasteiger partial charge in [-0.15, -0.1) is 0 Å². The molecule has 0 spiro atoms. The lowest BCUT2D eigenvalue weighted by molar-refractivity contribution is -0.134. The highest BCUT2D eigenvalue weighted by atomic mass is 16.5. The van der Waals surface area contributed by atoms with Crippen molar-refractivity contribution in [2.45, 2.75) is 32.5 Å². The second-order valence-corrected chi connectivity index (χ2v) is 6.86. The molecule has 1 aromatic heterocycles. The third-order valence-corrected chi connectivity index (χ3v) is 4.69. The van der Waals surface area contributed by atoms with E-state index in [9.17, 15) is 9.59 Å². The van der Waals surface area contributed by atoms with Crippen LogP contribution in [0.4, 0.5) is 0 Å². The Morgan fingerprint density at radius 3 is 2.79 bits per heavy atom. The van der Waals surface area contributed by atoms with Crippen LogP contribution in [0.1, 0.15) is 24.5 Å². The molecular formula is C20H27N5O3. The van der Waals surface area contributed by atoms with Gasteiger partial charge in [-0.05, 0) is 24.6 Å². The normalized spacial score (nSPS) is 17.2. The van der Waals surface area contributed by atoms with Crippen LogP contribution in [0.2, 0.25) is 0 Å². The van der Waals surface area contributed by atoms with Crippen LogP contribution in [-0.4, -0.2) is 52.2 Å². The summed E-state index contributed by atoms with van der Waals surface area (Å²) in [6, 6.07) is 7.37. The molecule has 1 aromatic carbocycles. The van der Waals surface area contributed by atoms with Gasteiger partial charge in [0.2, 0.25) is 11.8 Å². The summed E-state index contributed by atoms with van der Waals surface area (Å²) in [6.07, 6.45) is 3.70. The van der Waals surface area contributed by atoms with Crippen LogP contribution >= 0.6 is 0 Å². The van der Waals surface area contributed by atoms with E-state index >= 15 is 0 Å². The molecule has 1 aliphatic heterocycles. The van der Waals surface area contributed by atoms with Gasteiger partial charge in [0.25, 0.3) is 0 Å². The number of rotatable bonds is 8. The number of amides is 2. The molecule has 0 unspecified atom stereocenters. The zero-order chi connectivity index (χ0) is 19.9. The summed E-state index contributed by atoms with van der Waals surface area (Å²) >= 11 is 0. The molecule has 150 valence electrons. The maximum Gasteiger partial charge on any atom is 0.237 e. The number of aryl methyl sites for hydroxylation is 1. The minimum absolute atomic E-state index is 0.103. The van der Waals surface area contributed by atoms with Gasteiger partial charge >= 0.3 is 0 Å². The van der Waals surface area contributed by atoms with Crippen LogP contribution in [-0.2, 0) is 29.7 Å². The second kappa shape index (κ2) is 9.36. The third-order valence-electron chi connectivity index (χ3n) is 4.69. The monoisotopic (exact) mass is 385 g/mol. The van der Waals surface area contributed by atoms with E-state index in [0.717, 1.165) is 16.9 Å². The van der Waals surface area contributed by atoms with Gasteiger partial charge in [0.1, 0.15) is 5.75 Å². The number of aromatic nitrogens is 2. The highest BCUT2D eigenvalue weighted by molar-refractivity contribution is 5.88. The molecule has 0 radical (unpaired) electrons. The van der Waals surface area contributed by atoms with E-state index in [0.29, 0.717) is 32.8 Å². The van der Waals surface area contributed by atoms with Crippen molar-refractivity contribution >= 4 is 11.8 Å². The van der Waals surface area contributed by atoms with Gasteiger partial charge in [0.05, 0.1) is 25.3 Å². The molecule has 0 saturated carbocycles. The molecule has 0 bridgehead atoms. The smallest absolute Gasteiger partial charge is 0.237 e. The molecule has 2 heterocycles. The summed E-state index contributed by atoms with van der Waals surface area (Å²) in [5.74, 6) is 0.574. The Balaban J connectivity index is 1.58. The maximum absolute atomic E-state index is 12.4. The number of benzene rings is 1. The van der Waals surface area contributed by atoms with E-state index in [4.69, 9.17) is 4.74 Å². The van der Waals surface area contributed by atoms with Crippen molar-refractivity contribution in [2.75, 3.05) is 19.7 Å². The van der Waals surface area contributed by atoms with Gasteiger partial charge in [0.15, 0.2) is 0 Å². The summed E-state index contributed by atoms with van der Waals surface area (Å²) in [7, 11) is 1.83. The zero-order valence-corrected chi connectivity index (χ0v) is 16.4. The third kappa shape index (κ3) is 5.32. The minimum Gasteiger partial charge on any atom is -0.494 e.